The molecule has 0 aromatic heterocycles. The Hall–Kier alpha value is -3.47. The van der Waals surface area contributed by atoms with Crippen molar-refractivity contribution >= 4 is 85.3 Å². The summed E-state index contributed by atoms with van der Waals surface area (Å²) < 4.78 is 31.4. The highest BCUT2D eigenvalue weighted by molar-refractivity contribution is 8.23. The number of hydrogen-bond donors (Lipinski definition) is 0. The second kappa shape index (κ2) is 14.3. The zero-order valence-corrected chi connectivity index (χ0v) is 28.5. The highest BCUT2D eigenvalue weighted by Crippen LogP contribution is 2.36. The first kappa shape index (κ1) is 31.5. The fourth-order valence-corrected chi connectivity index (χ4v) is 9.71. The summed E-state index contributed by atoms with van der Waals surface area (Å²) in [4.78, 5) is 2.83. The fraction of sp³-hybridized carbons (Fsp3) is 0.0833. The molecule has 7 rings (SSSR count). The molecule has 0 aliphatic carbocycles. The number of thiocarbonyl (C=S) groups is 1. The Bertz CT molecular complexity index is 2010. The van der Waals surface area contributed by atoms with E-state index in [0.717, 1.165) is 26.2 Å². The van der Waals surface area contributed by atoms with Crippen LogP contribution in [0.15, 0.2) is 147 Å². The van der Waals surface area contributed by atoms with Crippen LogP contribution in [0.5, 0.6) is 0 Å². The van der Waals surface area contributed by atoms with E-state index in [9.17, 15) is 8.42 Å². The first-order valence-corrected chi connectivity index (χ1v) is 19.3. The lowest BCUT2D eigenvalue weighted by atomic mass is 10.1. The zero-order chi connectivity index (χ0) is 31.2. The minimum atomic E-state index is -3.52. The van der Waals surface area contributed by atoms with E-state index in [0.29, 0.717) is 15.7 Å². The largest absolute Gasteiger partial charge is 0.218 e. The van der Waals surface area contributed by atoms with Crippen LogP contribution in [0.4, 0.5) is 11.4 Å². The number of para-hydroxylation sites is 2. The molecule has 0 N–H and O–H groups in total. The van der Waals surface area contributed by atoms with E-state index >= 15 is 0 Å². The van der Waals surface area contributed by atoms with Crippen LogP contribution in [0.3, 0.4) is 0 Å². The number of fused-ring (bicyclic) bond motifs is 2. The molecule has 0 atom stereocenters. The predicted octanol–water partition coefficient (Wildman–Crippen LogP) is 8.90. The smallest absolute Gasteiger partial charge is 0.207 e. The highest BCUT2D eigenvalue weighted by atomic mass is 32.2. The molecule has 0 saturated carbocycles. The quantitative estimate of drug-likeness (QED) is 0.136. The van der Waals surface area contributed by atoms with Crippen LogP contribution >= 0.6 is 47.5 Å². The van der Waals surface area contributed by atoms with Gasteiger partial charge in [-0.05, 0) is 36.6 Å². The molecule has 224 valence electrons. The molecule has 2 aliphatic heterocycles. The van der Waals surface area contributed by atoms with Gasteiger partial charge in [0.15, 0.2) is 24.2 Å². The molecule has 2 heterocycles. The van der Waals surface area contributed by atoms with Gasteiger partial charge in [0.05, 0.1) is 25.1 Å². The summed E-state index contributed by atoms with van der Waals surface area (Å²) in [5, 5.41) is 0. The highest BCUT2D eigenvalue weighted by Gasteiger charge is 2.28. The van der Waals surface area contributed by atoms with Crippen molar-refractivity contribution in [2.75, 3.05) is 18.0 Å². The van der Waals surface area contributed by atoms with E-state index in [1.807, 2.05) is 72.8 Å². The molecular formula is C36H30N2O2S5+2. The lowest BCUT2D eigenvalue weighted by Gasteiger charge is -2.15. The van der Waals surface area contributed by atoms with Gasteiger partial charge in [-0.2, -0.15) is 9.15 Å². The van der Waals surface area contributed by atoms with Crippen LogP contribution in [0.1, 0.15) is 16.7 Å². The van der Waals surface area contributed by atoms with Crippen LogP contribution in [0.2, 0.25) is 0 Å². The lowest BCUT2D eigenvalue weighted by molar-refractivity contribution is -0.411. The van der Waals surface area contributed by atoms with E-state index < -0.39 is 9.84 Å². The Balaban J connectivity index is 0.000000163. The molecule has 0 fully saturated rings. The molecule has 2 aliphatic rings. The molecule has 0 saturated heterocycles. The van der Waals surface area contributed by atoms with Crippen molar-refractivity contribution in [3.63, 3.8) is 0 Å². The van der Waals surface area contributed by atoms with Crippen molar-refractivity contribution in [3.05, 3.63) is 144 Å². The Morgan fingerprint density at radius 3 is 1.69 bits per heavy atom. The van der Waals surface area contributed by atoms with E-state index in [-0.39, 0.29) is 0 Å². The number of sulfone groups is 1. The molecule has 0 spiro atoms. The summed E-state index contributed by atoms with van der Waals surface area (Å²) in [6.45, 7) is 0. The van der Waals surface area contributed by atoms with E-state index in [1.54, 1.807) is 59.9 Å². The molecule has 0 radical (unpaired) electrons. The van der Waals surface area contributed by atoms with Crippen molar-refractivity contribution in [3.8, 4) is 0 Å². The van der Waals surface area contributed by atoms with Gasteiger partial charge in [-0.15, -0.1) is 11.8 Å². The Morgan fingerprint density at radius 2 is 1.13 bits per heavy atom. The maximum atomic E-state index is 13.0. The van der Waals surface area contributed by atoms with Gasteiger partial charge < -0.3 is 0 Å². The Labute approximate surface area is 282 Å². The van der Waals surface area contributed by atoms with Crippen LogP contribution in [0.25, 0.3) is 0 Å². The number of benzene rings is 5. The third-order valence-electron chi connectivity index (χ3n) is 7.26. The SMILES string of the molecule is CSC(=S)c1cccc2c1SC[N+](c1ccccc1)=C2.O=S(=O)(c1ccccc1)c1cccc2c1SC[N+](c1ccccc1)=C2. The third kappa shape index (κ3) is 7.03. The molecule has 45 heavy (non-hydrogen) atoms. The number of thioether (sulfide) groups is 3. The van der Waals surface area contributed by atoms with Crippen molar-refractivity contribution in [1.29, 1.82) is 0 Å². The second-order valence-electron chi connectivity index (χ2n) is 10.1. The van der Waals surface area contributed by atoms with E-state index in [2.05, 4.69) is 57.8 Å². The maximum absolute atomic E-state index is 13.0. The van der Waals surface area contributed by atoms with Gasteiger partial charge >= 0.3 is 0 Å². The molecule has 0 unspecified atom stereocenters. The van der Waals surface area contributed by atoms with Crippen molar-refractivity contribution in [2.45, 2.75) is 19.6 Å². The summed E-state index contributed by atoms with van der Waals surface area (Å²) in [6.07, 6.45) is 6.27. The predicted molar refractivity (Wildman–Crippen MR) is 194 cm³/mol. The van der Waals surface area contributed by atoms with Gasteiger partial charge in [-0.1, -0.05) is 109 Å². The molecule has 0 amide bonds. The van der Waals surface area contributed by atoms with Gasteiger partial charge in [0, 0.05) is 39.6 Å². The van der Waals surface area contributed by atoms with Crippen molar-refractivity contribution in [1.82, 2.24) is 0 Å². The van der Waals surface area contributed by atoms with Gasteiger partial charge in [-0.3, -0.25) is 0 Å². The summed E-state index contributed by atoms with van der Waals surface area (Å²) in [5.74, 6) is 1.60. The molecule has 5 aromatic carbocycles. The summed E-state index contributed by atoms with van der Waals surface area (Å²) in [5.41, 5.74) is 5.69. The minimum absolute atomic E-state index is 0.328. The normalized spacial score (nSPS) is 13.7. The van der Waals surface area contributed by atoms with Gasteiger partial charge in [-0.25, -0.2) is 8.42 Å². The topological polar surface area (TPSA) is 40.2 Å². The van der Waals surface area contributed by atoms with Crippen LogP contribution in [-0.2, 0) is 9.84 Å². The van der Waals surface area contributed by atoms with Gasteiger partial charge in [0.1, 0.15) is 0 Å². The summed E-state index contributed by atoms with van der Waals surface area (Å²) >= 11 is 10.5. The monoisotopic (exact) mass is 682 g/mol. The van der Waals surface area contributed by atoms with Crippen LogP contribution < -0.4 is 0 Å². The molecule has 0 bridgehead atoms. The summed E-state index contributed by atoms with van der Waals surface area (Å²) in [7, 11) is -3.52. The van der Waals surface area contributed by atoms with E-state index in [1.165, 1.54) is 21.7 Å². The van der Waals surface area contributed by atoms with Gasteiger partial charge in [0.25, 0.3) is 0 Å². The molecule has 4 nitrogen and oxygen atoms in total. The van der Waals surface area contributed by atoms with Crippen LogP contribution in [-0.4, -0.2) is 52.2 Å². The zero-order valence-electron chi connectivity index (χ0n) is 24.4. The standard InChI is InChI=1S/C20H16NO2S2.C16H14NS3/c22-25(23,18-11-5-2-6-12-18)19-13-7-8-16-14-21(15-24-20(16)19)17-9-3-1-4-10-17;1-19-16(18)14-9-5-6-12-10-17(11-20-15(12)14)13-7-3-2-4-8-13/h1-14H,15H2;2-10H,11H2,1H3/q2*+1. The average molecular weight is 683 g/mol. The minimum Gasteiger partial charge on any atom is -0.218 e. The second-order valence-corrected chi connectivity index (χ2v) is 15.4. The number of rotatable bonds is 5. The lowest BCUT2D eigenvalue weighted by Crippen LogP contribution is -2.15. The van der Waals surface area contributed by atoms with Crippen molar-refractivity contribution < 1.29 is 17.6 Å². The van der Waals surface area contributed by atoms with Crippen LogP contribution in [0, 0.1) is 0 Å². The van der Waals surface area contributed by atoms with Crippen molar-refractivity contribution in [2.24, 2.45) is 0 Å². The molecular weight excluding hydrogens is 653 g/mol. The Kier molecular flexibility index (Phi) is 10.0. The third-order valence-corrected chi connectivity index (χ3v) is 12.8. The first-order valence-electron chi connectivity index (χ1n) is 14.2. The maximum Gasteiger partial charge on any atom is 0.207 e. The van der Waals surface area contributed by atoms with E-state index in [4.69, 9.17) is 12.2 Å². The Morgan fingerprint density at radius 1 is 0.644 bits per heavy atom. The first-order chi connectivity index (χ1) is 22.0. The van der Waals surface area contributed by atoms with Gasteiger partial charge in [0.2, 0.25) is 21.2 Å². The summed E-state index contributed by atoms with van der Waals surface area (Å²) in [6, 6.07) is 41.0. The average Bonchev–Trinajstić information content (AvgIpc) is 3.11. The number of nitrogens with zero attached hydrogens (tertiary/aromatic N) is 2. The molecule has 5 aromatic rings. The fourth-order valence-electron chi connectivity index (χ4n) is 5.03. The number of hydrogen-bond acceptors (Lipinski definition) is 6. The molecule has 9 heteroatoms.